The number of carbonyl (C=O) groups excluding carboxylic acids is 1. The van der Waals surface area contributed by atoms with E-state index in [1.165, 1.54) is 25.7 Å². The Balaban J connectivity index is 2.26. The van der Waals surface area contributed by atoms with Crippen molar-refractivity contribution in [2.75, 3.05) is 11.9 Å². The van der Waals surface area contributed by atoms with Gasteiger partial charge in [0.1, 0.15) is 5.69 Å². The third kappa shape index (κ3) is 6.33. The molecule has 0 fully saturated rings. The number of rotatable bonds is 9. The molecule has 1 heterocycles. The second-order valence-corrected chi connectivity index (χ2v) is 5.19. The number of carboxylic acid groups (broad SMARTS) is 1. The molecule has 0 aliphatic rings. The number of anilines is 1. The van der Waals surface area contributed by atoms with Crippen molar-refractivity contribution in [1.82, 2.24) is 10.3 Å². The molecule has 6 nitrogen and oxygen atoms in total. The topological polar surface area (TPSA) is 94.2 Å². The molecule has 4 N–H and O–H groups in total. The van der Waals surface area contributed by atoms with Crippen LogP contribution in [0, 0.1) is 6.92 Å². The van der Waals surface area contributed by atoms with E-state index in [2.05, 4.69) is 22.5 Å². The average Bonchev–Trinajstić information content (AvgIpc) is 2.78. The molecule has 2 amide bonds. The van der Waals surface area contributed by atoms with Crippen molar-refractivity contribution in [1.29, 1.82) is 0 Å². The van der Waals surface area contributed by atoms with Crippen LogP contribution in [0.1, 0.15) is 61.6 Å². The monoisotopic (exact) mass is 295 g/mol. The van der Waals surface area contributed by atoms with Crippen LogP contribution in [0.4, 0.5) is 10.5 Å². The number of aromatic carboxylic acids is 1. The van der Waals surface area contributed by atoms with E-state index < -0.39 is 5.97 Å². The van der Waals surface area contributed by atoms with E-state index in [4.69, 9.17) is 5.11 Å². The zero-order chi connectivity index (χ0) is 15.7. The maximum Gasteiger partial charge on any atom is 0.354 e. The maximum absolute atomic E-state index is 11.7. The van der Waals surface area contributed by atoms with Crippen LogP contribution in [-0.4, -0.2) is 28.6 Å². The standard InChI is InChI=1S/C15H25N3O3/c1-3-4-5-6-7-8-9-16-15(21)18-12-10-11(2)17-13(12)14(19)20/h10,17H,3-9H2,1-2H3,(H,19,20)(H2,16,18,21). The van der Waals surface area contributed by atoms with Gasteiger partial charge in [-0.15, -0.1) is 0 Å². The Bertz CT molecular complexity index is 469. The summed E-state index contributed by atoms with van der Waals surface area (Å²) in [4.78, 5) is 25.4. The molecular weight excluding hydrogens is 270 g/mol. The number of H-pyrrole nitrogens is 1. The Morgan fingerprint density at radius 1 is 1.19 bits per heavy atom. The van der Waals surface area contributed by atoms with Crippen LogP contribution in [0.25, 0.3) is 0 Å². The molecule has 0 aliphatic carbocycles. The van der Waals surface area contributed by atoms with Gasteiger partial charge in [0.05, 0.1) is 5.69 Å². The summed E-state index contributed by atoms with van der Waals surface area (Å²) in [7, 11) is 0. The van der Waals surface area contributed by atoms with E-state index in [-0.39, 0.29) is 11.7 Å². The Morgan fingerprint density at radius 2 is 1.86 bits per heavy atom. The number of urea groups is 1. The number of hydrogen-bond acceptors (Lipinski definition) is 2. The Labute approximate surface area is 125 Å². The minimum absolute atomic E-state index is 0.00205. The Morgan fingerprint density at radius 3 is 2.52 bits per heavy atom. The number of carbonyl (C=O) groups is 2. The van der Waals surface area contributed by atoms with Crippen LogP contribution < -0.4 is 10.6 Å². The lowest BCUT2D eigenvalue weighted by atomic mass is 10.1. The average molecular weight is 295 g/mol. The summed E-state index contributed by atoms with van der Waals surface area (Å²) in [5, 5.41) is 14.3. The number of amides is 2. The van der Waals surface area contributed by atoms with Crippen LogP contribution in [0.3, 0.4) is 0 Å². The van der Waals surface area contributed by atoms with Crippen LogP contribution in [-0.2, 0) is 0 Å². The van der Waals surface area contributed by atoms with Crippen LogP contribution in [0.15, 0.2) is 6.07 Å². The highest BCUT2D eigenvalue weighted by molar-refractivity contribution is 5.99. The molecule has 1 rings (SSSR count). The first kappa shape index (κ1) is 17.1. The third-order valence-electron chi connectivity index (χ3n) is 3.23. The smallest absolute Gasteiger partial charge is 0.354 e. The normalized spacial score (nSPS) is 10.4. The van der Waals surface area contributed by atoms with Crippen molar-refractivity contribution in [3.8, 4) is 0 Å². The first-order valence-corrected chi connectivity index (χ1v) is 7.52. The number of hydrogen-bond donors (Lipinski definition) is 4. The SMILES string of the molecule is CCCCCCCCNC(=O)Nc1cc(C)[nH]c1C(=O)O. The summed E-state index contributed by atoms with van der Waals surface area (Å²) in [5.41, 5.74) is 0.987. The first-order valence-electron chi connectivity index (χ1n) is 7.52. The highest BCUT2D eigenvalue weighted by Crippen LogP contribution is 2.16. The van der Waals surface area contributed by atoms with E-state index in [9.17, 15) is 9.59 Å². The van der Waals surface area contributed by atoms with Crippen LogP contribution >= 0.6 is 0 Å². The lowest BCUT2D eigenvalue weighted by Crippen LogP contribution is -2.30. The Hall–Kier alpha value is -1.98. The van der Waals surface area contributed by atoms with Gasteiger partial charge >= 0.3 is 12.0 Å². The number of unbranched alkanes of at least 4 members (excludes halogenated alkanes) is 5. The zero-order valence-corrected chi connectivity index (χ0v) is 12.8. The summed E-state index contributed by atoms with van der Waals surface area (Å²) in [6, 6.07) is 1.23. The minimum atomic E-state index is -1.09. The molecule has 0 saturated heterocycles. The quantitative estimate of drug-likeness (QED) is 0.525. The summed E-state index contributed by atoms with van der Waals surface area (Å²) < 4.78 is 0. The first-order chi connectivity index (χ1) is 10.0. The fourth-order valence-corrected chi connectivity index (χ4v) is 2.13. The number of nitrogens with one attached hydrogen (secondary N) is 3. The number of aromatic nitrogens is 1. The molecule has 21 heavy (non-hydrogen) atoms. The summed E-state index contributed by atoms with van der Waals surface area (Å²) in [6.07, 6.45) is 6.96. The largest absolute Gasteiger partial charge is 0.477 e. The van der Waals surface area contributed by atoms with E-state index in [0.29, 0.717) is 17.9 Å². The molecule has 0 aromatic carbocycles. The highest BCUT2D eigenvalue weighted by Gasteiger charge is 2.14. The predicted octanol–water partition coefficient (Wildman–Crippen LogP) is 3.50. The molecule has 118 valence electrons. The van der Waals surface area contributed by atoms with Gasteiger partial charge in [-0.3, -0.25) is 0 Å². The second kappa shape index (κ2) is 9.05. The third-order valence-corrected chi connectivity index (χ3v) is 3.23. The molecule has 0 aliphatic heterocycles. The fraction of sp³-hybridized carbons (Fsp3) is 0.600. The fourth-order valence-electron chi connectivity index (χ4n) is 2.13. The molecular formula is C15H25N3O3. The molecule has 0 saturated carbocycles. The predicted molar refractivity (Wildman–Crippen MR) is 82.9 cm³/mol. The van der Waals surface area contributed by atoms with Crippen molar-refractivity contribution in [2.24, 2.45) is 0 Å². The zero-order valence-electron chi connectivity index (χ0n) is 12.8. The van der Waals surface area contributed by atoms with E-state index in [0.717, 1.165) is 12.8 Å². The lowest BCUT2D eigenvalue weighted by Gasteiger charge is -2.07. The summed E-state index contributed by atoms with van der Waals surface area (Å²) in [5.74, 6) is -1.09. The van der Waals surface area contributed by atoms with Crippen LogP contribution in [0.2, 0.25) is 0 Å². The van der Waals surface area contributed by atoms with Gasteiger partial charge in [-0.1, -0.05) is 39.0 Å². The molecule has 1 aromatic rings. The molecule has 1 aromatic heterocycles. The lowest BCUT2D eigenvalue weighted by molar-refractivity contribution is 0.0692. The van der Waals surface area contributed by atoms with Gasteiger partial charge in [0.25, 0.3) is 0 Å². The van der Waals surface area contributed by atoms with Gasteiger partial charge in [-0.25, -0.2) is 9.59 Å². The molecule has 6 heteroatoms. The Kier molecular flexibility index (Phi) is 7.36. The van der Waals surface area contributed by atoms with Gasteiger partial charge in [0, 0.05) is 12.2 Å². The van der Waals surface area contributed by atoms with Crippen LogP contribution in [0.5, 0.6) is 0 Å². The van der Waals surface area contributed by atoms with Crippen molar-refractivity contribution >= 4 is 17.7 Å². The van der Waals surface area contributed by atoms with Crippen molar-refractivity contribution in [3.63, 3.8) is 0 Å². The summed E-state index contributed by atoms with van der Waals surface area (Å²) >= 11 is 0. The van der Waals surface area contributed by atoms with Gasteiger partial charge in [-0.2, -0.15) is 0 Å². The minimum Gasteiger partial charge on any atom is -0.477 e. The second-order valence-electron chi connectivity index (χ2n) is 5.19. The van der Waals surface area contributed by atoms with Crippen molar-refractivity contribution in [3.05, 3.63) is 17.5 Å². The van der Waals surface area contributed by atoms with Gasteiger partial charge in [0.15, 0.2) is 0 Å². The van der Waals surface area contributed by atoms with E-state index in [1.807, 2.05) is 0 Å². The number of aryl methyl sites for hydroxylation is 1. The number of carboxylic acids is 1. The molecule has 0 radical (unpaired) electrons. The van der Waals surface area contributed by atoms with Crippen molar-refractivity contribution < 1.29 is 14.7 Å². The van der Waals surface area contributed by atoms with Crippen molar-refractivity contribution in [2.45, 2.75) is 52.4 Å². The molecule has 0 spiro atoms. The maximum atomic E-state index is 11.7. The summed E-state index contributed by atoms with van der Waals surface area (Å²) in [6.45, 7) is 4.52. The molecule has 0 bridgehead atoms. The van der Waals surface area contributed by atoms with Gasteiger partial charge in [0.2, 0.25) is 0 Å². The van der Waals surface area contributed by atoms with Gasteiger partial charge < -0.3 is 20.7 Å². The molecule has 0 atom stereocenters. The highest BCUT2D eigenvalue weighted by atomic mass is 16.4. The number of aromatic amines is 1. The van der Waals surface area contributed by atoms with Gasteiger partial charge in [-0.05, 0) is 19.4 Å². The van der Waals surface area contributed by atoms with E-state index >= 15 is 0 Å². The van der Waals surface area contributed by atoms with E-state index in [1.54, 1.807) is 13.0 Å². The molecule has 0 unspecified atom stereocenters.